The standard InChI is InChI=1S/C28H27NO5/c1-32-20-14-12-19(13-15-20)17-33-27(30)26-11-6-16-29(26)28(31)34-18-25-23-9-4-2-7-21(23)22-8-3-5-10-24(22)25/h2-5,7-10,12-15,25-26H,6,11,16-18H2,1H3/t26-/m1/s1. The molecular formula is C28H27NO5. The van der Waals surface area contributed by atoms with Gasteiger partial charge in [0.1, 0.15) is 25.0 Å². The largest absolute Gasteiger partial charge is 0.497 e. The number of esters is 1. The van der Waals surface area contributed by atoms with Gasteiger partial charge in [-0.2, -0.15) is 0 Å². The average Bonchev–Trinajstić information content (AvgIpc) is 3.50. The molecule has 174 valence electrons. The molecule has 34 heavy (non-hydrogen) atoms. The number of benzene rings is 3. The maximum absolute atomic E-state index is 13.0. The van der Waals surface area contributed by atoms with E-state index in [4.69, 9.17) is 14.2 Å². The smallest absolute Gasteiger partial charge is 0.410 e. The van der Waals surface area contributed by atoms with E-state index >= 15 is 0 Å². The van der Waals surface area contributed by atoms with Crippen molar-refractivity contribution in [3.8, 4) is 16.9 Å². The summed E-state index contributed by atoms with van der Waals surface area (Å²) in [5.74, 6) is 0.327. The quantitative estimate of drug-likeness (QED) is 0.479. The Hall–Kier alpha value is -3.80. The second-order valence-electron chi connectivity index (χ2n) is 8.61. The second-order valence-corrected chi connectivity index (χ2v) is 8.61. The van der Waals surface area contributed by atoms with Crippen LogP contribution < -0.4 is 4.74 Å². The van der Waals surface area contributed by atoms with Crippen LogP contribution in [0, 0.1) is 0 Å². The number of ether oxygens (including phenoxy) is 3. The van der Waals surface area contributed by atoms with Crippen molar-refractivity contribution in [1.82, 2.24) is 4.90 Å². The molecule has 0 aromatic heterocycles. The number of nitrogens with zero attached hydrogens (tertiary/aromatic N) is 1. The first-order valence-corrected chi connectivity index (χ1v) is 11.6. The van der Waals surface area contributed by atoms with Crippen molar-refractivity contribution in [2.45, 2.75) is 31.4 Å². The molecule has 6 nitrogen and oxygen atoms in total. The molecular weight excluding hydrogens is 430 g/mol. The van der Waals surface area contributed by atoms with Crippen molar-refractivity contribution in [3.05, 3.63) is 89.5 Å². The molecule has 1 aliphatic carbocycles. The van der Waals surface area contributed by atoms with Crippen LogP contribution in [0.15, 0.2) is 72.8 Å². The summed E-state index contributed by atoms with van der Waals surface area (Å²) < 4.78 is 16.4. The van der Waals surface area contributed by atoms with E-state index < -0.39 is 18.1 Å². The molecule has 1 aliphatic heterocycles. The molecule has 3 aromatic carbocycles. The fourth-order valence-electron chi connectivity index (χ4n) is 4.88. The van der Waals surface area contributed by atoms with Crippen LogP contribution in [-0.2, 0) is 20.9 Å². The molecule has 1 saturated heterocycles. The first kappa shape index (κ1) is 22.0. The van der Waals surface area contributed by atoms with E-state index in [1.54, 1.807) is 7.11 Å². The Morgan fingerprint density at radius 2 is 1.53 bits per heavy atom. The van der Waals surface area contributed by atoms with Gasteiger partial charge in [0.2, 0.25) is 0 Å². The van der Waals surface area contributed by atoms with Crippen LogP contribution in [0.3, 0.4) is 0 Å². The molecule has 1 atom stereocenters. The number of likely N-dealkylation sites (tertiary alicyclic amines) is 1. The third-order valence-electron chi connectivity index (χ3n) is 6.64. The van der Waals surface area contributed by atoms with Crippen molar-refractivity contribution in [2.75, 3.05) is 20.3 Å². The van der Waals surface area contributed by atoms with Crippen molar-refractivity contribution < 1.29 is 23.8 Å². The number of fused-ring (bicyclic) bond motifs is 3. The topological polar surface area (TPSA) is 65.1 Å². The molecule has 0 radical (unpaired) electrons. The van der Waals surface area contributed by atoms with E-state index in [0.29, 0.717) is 13.0 Å². The van der Waals surface area contributed by atoms with Gasteiger partial charge in [0, 0.05) is 12.5 Å². The Balaban J connectivity index is 1.21. The number of hydrogen-bond acceptors (Lipinski definition) is 5. The minimum Gasteiger partial charge on any atom is -0.497 e. The van der Waals surface area contributed by atoms with E-state index in [-0.39, 0.29) is 19.1 Å². The summed E-state index contributed by atoms with van der Waals surface area (Å²) in [4.78, 5) is 27.2. The highest BCUT2D eigenvalue weighted by Gasteiger charge is 2.37. The first-order chi connectivity index (χ1) is 16.7. The maximum atomic E-state index is 13.0. The normalized spacial score (nSPS) is 16.6. The molecule has 5 rings (SSSR count). The molecule has 1 heterocycles. The van der Waals surface area contributed by atoms with Crippen LogP contribution in [0.5, 0.6) is 5.75 Å². The SMILES string of the molecule is COc1ccc(COC(=O)[C@H]2CCCN2C(=O)OCC2c3ccccc3-c3ccccc32)cc1. The molecule has 0 N–H and O–H groups in total. The summed E-state index contributed by atoms with van der Waals surface area (Å²) >= 11 is 0. The van der Waals surface area contributed by atoms with Crippen LogP contribution >= 0.6 is 0 Å². The Bertz CT molecular complexity index is 1140. The van der Waals surface area contributed by atoms with Gasteiger partial charge in [-0.05, 0) is 52.8 Å². The zero-order chi connectivity index (χ0) is 23.5. The minimum atomic E-state index is -0.617. The number of amides is 1. The van der Waals surface area contributed by atoms with Gasteiger partial charge < -0.3 is 14.2 Å². The lowest BCUT2D eigenvalue weighted by atomic mass is 9.98. The summed E-state index contributed by atoms with van der Waals surface area (Å²) in [7, 11) is 1.60. The molecule has 0 unspecified atom stereocenters. The van der Waals surface area contributed by atoms with Crippen molar-refractivity contribution >= 4 is 12.1 Å². The number of carbonyl (C=O) groups is 2. The van der Waals surface area contributed by atoms with Gasteiger partial charge in [-0.3, -0.25) is 4.90 Å². The lowest BCUT2D eigenvalue weighted by Crippen LogP contribution is -2.42. The molecule has 2 aliphatic rings. The van der Waals surface area contributed by atoms with E-state index in [2.05, 4.69) is 24.3 Å². The summed E-state index contributed by atoms with van der Waals surface area (Å²) in [5, 5.41) is 0. The van der Waals surface area contributed by atoms with Gasteiger partial charge in [-0.15, -0.1) is 0 Å². The van der Waals surface area contributed by atoms with Gasteiger partial charge in [0.15, 0.2) is 0 Å². The summed E-state index contributed by atoms with van der Waals surface area (Å²) in [6.07, 6.45) is 0.851. The summed E-state index contributed by atoms with van der Waals surface area (Å²) in [6, 6.07) is 23.2. The molecule has 0 saturated carbocycles. The molecule has 0 spiro atoms. The van der Waals surface area contributed by atoms with Crippen LogP contribution in [0.4, 0.5) is 4.79 Å². The Kier molecular flexibility index (Phi) is 6.21. The zero-order valence-corrected chi connectivity index (χ0v) is 19.1. The van der Waals surface area contributed by atoms with Gasteiger partial charge in [0.25, 0.3) is 0 Å². The van der Waals surface area contributed by atoms with Crippen molar-refractivity contribution in [2.24, 2.45) is 0 Å². The van der Waals surface area contributed by atoms with Gasteiger partial charge in [0.05, 0.1) is 7.11 Å². The van der Waals surface area contributed by atoms with E-state index in [0.717, 1.165) is 28.9 Å². The van der Waals surface area contributed by atoms with Gasteiger partial charge in [-0.25, -0.2) is 9.59 Å². The number of methoxy groups -OCH3 is 1. The average molecular weight is 458 g/mol. The molecule has 0 bridgehead atoms. The van der Waals surface area contributed by atoms with E-state index in [9.17, 15) is 9.59 Å². The number of rotatable bonds is 6. The van der Waals surface area contributed by atoms with Crippen LogP contribution in [-0.4, -0.2) is 43.3 Å². The summed E-state index contributed by atoms with van der Waals surface area (Å²) in [6.45, 7) is 0.869. The molecule has 3 aromatic rings. The van der Waals surface area contributed by atoms with Crippen LogP contribution in [0.25, 0.3) is 11.1 Å². The van der Waals surface area contributed by atoms with Gasteiger partial charge in [-0.1, -0.05) is 60.7 Å². The minimum absolute atomic E-state index is 0.0144. The highest BCUT2D eigenvalue weighted by molar-refractivity contribution is 5.82. The highest BCUT2D eigenvalue weighted by Crippen LogP contribution is 2.44. The molecule has 1 amide bonds. The predicted octanol–water partition coefficient (Wildman–Crippen LogP) is 5.15. The van der Waals surface area contributed by atoms with E-state index in [1.165, 1.54) is 16.0 Å². The van der Waals surface area contributed by atoms with Crippen molar-refractivity contribution in [3.63, 3.8) is 0 Å². The highest BCUT2D eigenvalue weighted by atomic mass is 16.6. The fraction of sp³-hybridized carbons (Fsp3) is 0.286. The second kappa shape index (κ2) is 9.59. The lowest BCUT2D eigenvalue weighted by Gasteiger charge is -2.24. The first-order valence-electron chi connectivity index (χ1n) is 11.6. The molecule has 1 fully saturated rings. The third kappa shape index (κ3) is 4.23. The molecule has 6 heteroatoms. The predicted molar refractivity (Wildman–Crippen MR) is 128 cm³/mol. The van der Waals surface area contributed by atoms with Crippen molar-refractivity contribution in [1.29, 1.82) is 0 Å². The van der Waals surface area contributed by atoms with Gasteiger partial charge >= 0.3 is 12.1 Å². The number of hydrogen-bond donors (Lipinski definition) is 0. The Morgan fingerprint density at radius 1 is 0.882 bits per heavy atom. The van der Waals surface area contributed by atoms with E-state index in [1.807, 2.05) is 48.5 Å². The Labute approximate surface area is 199 Å². The monoisotopic (exact) mass is 457 g/mol. The zero-order valence-electron chi connectivity index (χ0n) is 19.1. The maximum Gasteiger partial charge on any atom is 0.410 e. The summed E-state index contributed by atoms with van der Waals surface area (Å²) in [5.41, 5.74) is 5.54. The van der Waals surface area contributed by atoms with Crippen LogP contribution in [0.2, 0.25) is 0 Å². The fourth-order valence-corrected chi connectivity index (χ4v) is 4.88. The lowest BCUT2D eigenvalue weighted by molar-refractivity contribution is -0.149. The number of carbonyl (C=O) groups excluding carboxylic acids is 2. The van der Waals surface area contributed by atoms with Crippen LogP contribution in [0.1, 0.15) is 35.4 Å². The Morgan fingerprint density at radius 3 is 2.18 bits per heavy atom. The third-order valence-corrected chi connectivity index (χ3v) is 6.64.